The highest BCUT2D eigenvalue weighted by atomic mass is 16.3. The number of nitrogens with zero attached hydrogens (tertiary/aromatic N) is 5. The van der Waals surface area contributed by atoms with Gasteiger partial charge in [0.15, 0.2) is 0 Å². The highest BCUT2D eigenvalue weighted by Crippen LogP contribution is 2.14. The predicted octanol–water partition coefficient (Wildman–Crippen LogP) is 0.185. The number of likely N-dealkylation sites (tertiary alicyclic amines) is 1. The van der Waals surface area contributed by atoms with Crippen LogP contribution in [0.3, 0.4) is 0 Å². The number of anilines is 1. The van der Waals surface area contributed by atoms with Crippen molar-refractivity contribution in [1.82, 2.24) is 19.8 Å². The summed E-state index contributed by atoms with van der Waals surface area (Å²) >= 11 is 0. The summed E-state index contributed by atoms with van der Waals surface area (Å²) in [5, 5.41) is 9.71. The molecule has 2 aliphatic heterocycles. The van der Waals surface area contributed by atoms with Crippen LogP contribution in [-0.2, 0) is 6.54 Å². The summed E-state index contributed by atoms with van der Waals surface area (Å²) in [4.78, 5) is 15.9. The largest absolute Gasteiger partial charge is 0.392 e. The molecule has 6 heteroatoms. The fourth-order valence-corrected chi connectivity index (χ4v) is 3.03. The zero-order chi connectivity index (χ0) is 14.7. The van der Waals surface area contributed by atoms with Gasteiger partial charge in [-0.15, -0.1) is 0 Å². The molecule has 2 saturated heterocycles. The summed E-state index contributed by atoms with van der Waals surface area (Å²) in [6.07, 6.45) is 5.68. The van der Waals surface area contributed by atoms with Crippen molar-refractivity contribution in [3.63, 3.8) is 0 Å². The zero-order valence-electron chi connectivity index (χ0n) is 12.8. The lowest BCUT2D eigenvalue weighted by Crippen LogP contribution is -2.45. The third-order valence-corrected chi connectivity index (χ3v) is 4.36. The van der Waals surface area contributed by atoms with Gasteiger partial charge in [-0.05, 0) is 26.4 Å². The van der Waals surface area contributed by atoms with E-state index >= 15 is 0 Å². The summed E-state index contributed by atoms with van der Waals surface area (Å²) in [6, 6.07) is 0. The van der Waals surface area contributed by atoms with Gasteiger partial charge in [0.25, 0.3) is 0 Å². The molecule has 0 amide bonds. The molecule has 0 spiro atoms. The Hall–Kier alpha value is -1.24. The molecule has 1 aromatic heterocycles. The van der Waals surface area contributed by atoms with E-state index in [1.54, 1.807) is 0 Å². The molecule has 0 bridgehead atoms. The number of piperidine rings is 1. The summed E-state index contributed by atoms with van der Waals surface area (Å²) < 4.78 is 0. The highest BCUT2D eigenvalue weighted by Gasteiger charge is 2.19. The van der Waals surface area contributed by atoms with Gasteiger partial charge < -0.3 is 14.9 Å². The first-order valence-corrected chi connectivity index (χ1v) is 7.85. The Kier molecular flexibility index (Phi) is 4.67. The van der Waals surface area contributed by atoms with Gasteiger partial charge in [0.2, 0.25) is 5.95 Å². The fraction of sp³-hybridized carbons (Fsp3) is 0.733. The molecular formula is C15H25N5O. The van der Waals surface area contributed by atoms with Crippen molar-refractivity contribution < 1.29 is 5.11 Å². The van der Waals surface area contributed by atoms with Crippen LogP contribution >= 0.6 is 0 Å². The van der Waals surface area contributed by atoms with E-state index in [0.717, 1.165) is 70.2 Å². The van der Waals surface area contributed by atoms with Crippen LogP contribution in [0.15, 0.2) is 12.4 Å². The molecule has 6 nitrogen and oxygen atoms in total. The average Bonchev–Trinajstić information content (AvgIpc) is 2.49. The smallest absolute Gasteiger partial charge is 0.225 e. The monoisotopic (exact) mass is 291 g/mol. The molecule has 0 saturated carbocycles. The molecule has 0 aliphatic carbocycles. The van der Waals surface area contributed by atoms with Crippen molar-refractivity contribution in [3.8, 4) is 0 Å². The molecule has 0 radical (unpaired) electrons. The van der Waals surface area contributed by atoms with Gasteiger partial charge in [-0.3, -0.25) is 4.90 Å². The minimum Gasteiger partial charge on any atom is -0.392 e. The lowest BCUT2D eigenvalue weighted by molar-refractivity contribution is 0.0667. The molecule has 2 fully saturated rings. The number of rotatable bonds is 3. The number of hydrogen-bond acceptors (Lipinski definition) is 6. The third-order valence-electron chi connectivity index (χ3n) is 4.36. The van der Waals surface area contributed by atoms with E-state index < -0.39 is 0 Å². The first-order valence-electron chi connectivity index (χ1n) is 7.85. The number of hydrogen-bond donors (Lipinski definition) is 1. The van der Waals surface area contributed by atoms with Gasteiger partial charge in [-0.25, -0.2) is 9.97 Å². The molecule has 1 unspecified atom stereocenters. The van der Waals surface area contributed by atoms with Gasteiger partial charge in [0.1, 0.15) is 0 Å². The molecule has 1 aromatic rings. The Labute approximate surface area is 126 Å². The lowest BCUT2D eigenvalue weighted by Gasteiger charge is -2.32. The Morgan fingerprint density at radius 1 is 1.14 bits per heavy atom. The third kappa shape index (κ3) is 3.90. The van der Waals surface area contributed by atoms with Gasteiger partial charge in [0.05, 0.1) is 6.10 Å². The Bertz CT molecular complexity index is 444. The first kappa shape index (κ1) is 14.7. The van der Waals surface area contributed by atoms with Crippen LogP contribution in [0.4, 0.5) is 5.95 Å². The van der Waals surface area contributed by atoms with Crippen molar-refractivity contribution in [2.45, 2.75) is 25.5 Å². The van der Waals surface area contributed by atoms with Gasteiger partial charge in [-0.1, -0.05) is 0 Å². The van der Waals surface area contributed by atoms with E-state index in [0.29, 0.717) is 0 Å². The molecule has 21 heavy (non-hydrogen) atoms. The van der Waals surface area contributed by atoms with Crippen molar-refractivity contribution in [2.75, 3.05) is 51.2 Å². The van der Waals surface area contributed by atoms with E-state index in [-0.39, 0.29) is 6.10 Å². The first-order chi connectivity index (χ1) is 10.2. The van der Waals surface area contributed by atoms with Crippen molar-refractivity contribution in [1.29, 1.82) is 0 Å². The van der Waals surface area contributed by atoms with Crippen LogP contribution in [0.5, 0.6) is 0 Å². The molecular weight excluding hydrogens is 266 g/mol. The molecule has 1 atom stereocenters. The molecule has 2 aliphatic rings. The van der Waals surface area contributed by atoms with Crippen LogP contribution in [-0.4, -0.2) is 77.3 Å². The van der Waals surface area contributed by atoms with Crippen LogP contribution in [0.25, 0.3) is 0 Å². The normalized spacial score (nSPS) is 25.2. The second-order valence-electron chi connectivity index (χ2n) is 6.21. The van der Waals surface area contributed by atoms with E-state index in [9.17, 15) is 5.11 Å². The van der Waals surface area contributed by atoms with Gasteiger partial charge >= 0.3 is 0 Å². The van der Waals surface area contributed by atoms with Crippen LogP contribution in [0.1, 0.15) is 18.4 Å². The Morgan fingerprint density at radius 2 is 1.86 bits per heavy atom. The summed E-state index contributed by atoms with van der Waals surface area (Å²) in [6.45, 7) is 6.77. The maximum atomic E-state index is 9.71. The van der Waals surface area contributed by atoms with Gasteiger partial charge in [-0.2, -0.15) is 0 Å². The van der Waals surface area contributed by atoms with Crippen LogP contribution < -0.4 is 4.90 Å². The Balaban J connectivity index is 1.56. The minimum absolute atomic E-state index is 0.177. The van der Waals surface area contributed by atoms with E-state index in [4.69, 9.17) is 0 Å². The van der Waals surface area contributed by atoms with E-state index in [1.807, 2.05) is 12.4 Å². The van der Waals surface area contributed by atoms with Crippen LogP contribution in [0.2, 0.25) is 0 Å². The van der Waals surface area contributed by atoms with E-state index in [1.165, 1.54) is 0 Å². The molecule has 3 rings (SSSR count). The number of piperazine rings is 1. The summed E-state index contributed by atoms with van der Waals surface area (Å²) in [5.41, 5.74) is 1.13. The molecule has 116 valence electrons. The maximum absolute atomic E-state index is 9.71. The standard InChI is InChI=1S/C15H25N5O/c1-18-5-7-20(8-6-18)15-16-9-13(10-17-15)11-19-4-2-3-14(21)12-19/h9-10,14,21H,2-8,11-12H2,1H3. The van der Waals surface area contributed by atoms with E-state index in [2.05, 4.69) is 31.7 Å². The average molecular weight is 291 g/mol. The SMILES string of the molecule is CN1CCN(c2ncc(CN3CCCC(O)C3)cn2)CC1. The number of aliphatic hydroxyl groups is 1. The van der Waals surface area contributed by atoms with Crippen molar-refractivity contribution >= 4 is 5.95 Å². The summed E-state index contributed by atoms with van der Waals surface area (Å²) in [5.74, 6) is 0.838. The second kappa shape index (κ2) is 6.68. The van der Waals surface area contributed by atoms with Crippen molar-refractivity contribution in [2.24, 2.45) is 0 Å². The second-order valence-corrected chi connectivity index (χ2v) is 6.21. The lowest BCUT2D eigenvalue weighted by atomic mass is 10.1. The molecule has 1 N–H and O–H groups in total. The quantitative estimate of drug-likeness (QED) is 0.858. The number of likely N-dealkylation sites (N-methyl/N-ethyl adjacent to an activating group) is 1. The predicted molar refractivity (Wildman–Crippen MR) is 82.3 cm³/mol. The van der Waals surface area contributed by atoms with Crippen molar-refractivity contribution in [3.05, 3.63) is 18.0 Å². The maximum Gasteiger partial charge on any atom is 0.225 e. The minimum atomic E-state index is -0.177. The highest BCUT2D eigenvalue weighted by molar-refractivity contribution is 5.30. The topological polar surface area (TPSA) is 55.7 Å². The molecule has 0 aromatic carbocycles. The van der Waals surface area contributed by atoms with Crippen LogP contribution in [0, 0.1) is 0 Å². The molecule has 3 heterocycles. The van der Waals surface area contributed by atoms with Gasteiger partial charge in [0, 0.05) is 57.2 Å². The Morgan fingerprint density at radius 3 is 2.52 bits per heavy atom. The fourth-order valence-electron chi connectivity index (χ4n) is 3.03. The summed E-state index contributed by atoms with van der Waals surface area (Å²) in [7, 11) is 2.15. The zero-order valence-corrected chi connectivity index (χ0v) is 12.8. The number of aromatic nitrogens is 2. The number of aliphatic hydroxyl groups excluding tert-OH is 1. The number of β-amino-alcohol motifs (C(OH)–C–C–N with tert-alkyl or cyclic N) is 1.